The number of hydrogen-bond donors (Lipinski definition) is 3. The molecule has 3 aromatic rings. The Hall–Kier alpha value is -2.93. The van der Waals surface area contributed by atoms with Gasteiger partial charge in [0, 0.05) is 11.6 Å². The number of anilines is 1. The summed E-state index contributed by atoms with van der Waals surface area (Å²) in [7, 11) is 0. The Bertz CT molecular complexity index is 931. The second-order valence-electron chi connectivity index (χ2n) is 6.70. The summed E-state index contributed by atoms with van der Waals surface area (Å²) in [6, 6.07) is 12.3. The predicted octanol–water partition coefficient (Wildman–Crippen LogP) is 3.84. The van der Waals surface area contributed by atoms with Gasteiger partial charge in [-0.25, -0.2) is 0 Å². The van der Waals surface area contributed by atoms with Crippen LogP contribution in [0.3, 0.4) is 0 Å². The summed E-state index contributed by atoms with van der Waals surface area (Å²) in [5, 5.41) is 14.6. The number of carbonyl (C=O) groups is 2. The van der Waals surface area contributed by atoms with Crippen LogP contribution in [-0.4, -0.2) is 28.1 Å². The van der Waals surface area contributed by atoms with Crippen molar-refractivity contribution in [2.24, 2.45) is 5.92 Å². The van der Waals surface area contributed by atoms with Gasteiger partial charge in [0.25, 0.3) is 5.91 Å². The fourth-order valence-corrected chi connectivity index (χ4v) is 3.39. The molecule has 140 valence electrons. The number of benzene rings is 1. The molecule has 27 heavy (non-hydrogen) atoms. The summed E-state index contributed by atoms with van der Waals surface area (Å²) in [5.74, 6) is -0.211. The van der Waals surface area contributed by atoms with Crippen LogP contribution in [0.4, 0.5) is 5.82 Å². The number of nitrogens with zero attached hydrogens (tertiary/aromatic N) is 1. The van der Waals surface area contributed by atoms with Crippen LogP contribution in [0.1, 0.15) is 29.8 Å². The van der Waals surface area contributed by atoms with Crippen molar-refractivity contribution in [2.45, 2.75) is 26.8 Å². The lowest BCUT2D eigenvalue weighted by Gasteiger charge is -2.21. The van der Waals surface area contributed by atoms with Crippen molar-refractivity contribution in [1.29, 1.82) is 0 Å². The fraction of sp³-hybridized carbons (Fsp3) is 0.250. The van der Waals surface area contributed by atoms with Gasteiger partial charge in [-0.1, -0.05) is 37.6 Å². The normalized spacial score (nSPS) is 12.0. The zero-order valence-electron chi connectivity index (χ0n) is 15.4. The molecule has 0 aliphatic carbocycles. The van der Waals surface area contributed by atoms with E-state index in [2.05, 4.69) is 20.8 Å². The Labute approximate surface area is 162 Å². The smallest absolute Gasteiger partial charge is 0.251 e. The maximum absolute atomic E-state index is 12.7. The molecule has 0 bridgehead atoms. The molecular formula is C20H22N4O2S. The number of amides is 2. The number of thiophene rings is 1. The Morgan fingerprint density at radius 1 is 1.15 bits per heavy atom. The molecule has 6 nitrogen and oxygen atoms in total. The van der Waals surface area contributed by atoms with Crippen LogP contribution >= 0.6 is 11.3 Å². The Morgan fingerprint density at radius 2 is 1.96 bits per heavy atom. The lowest BCUT2D eigenvalue weighted by atomic mass is 10.0. The van der Waals surface area contributed by atoms with Gasteiger partial charge in [-0.2, -0.15) is 5.10 Å². The Balaban J connectivity index is 1.69. The molecule has 1 aromatic carbocycles. The third-order valence-corrected chi connectivity index (χ3v) is 5.03. The number of carbonyl (C=O) groups excluding carboxylic acids is 2. The van der Waals surface area contributed by atoms with Crippen LogP contribution in [0.15, 0.2) is 47.8 Å². The number of rotatable bonds is 6. The molecule has 1 atom stereocenters. The molecule has 3 N–H and O–H groups in total. The third-order valence-electron chi connectivity index (χ3n) is 4.13. The third kappa shape index (κ3) is 4.62. The van der Waals surface area contributed by atoms with Crippen molar-refractivity contribution in [1.82, 2.24) is 15.5 Å². The van der Waals surface area contributed by atoms with Gasteiger partial charge < -0.3 is 10.6 Å². The van der Waals surface area contributed by atoms with Crippen LogP contribution in [-0.2, 0) is 4.79 Å². The molecule has 0 aliphatic heterocycles. The molecule has 0 radical (unpaired) electrons. The fourth-order valence-electron chi connectivity index (χ4n) is 2.69. The van der Waals surface area contributed by atoms with Gasteiger partial charge in [-0.15, -0.1) is 11.3 Å². The first kappa shape index (κ1) is 18.8. The SMILES string of the molecule is Cc1cccc(C(=O)NC(C(=O)Nc2cc(-c3cccs3)[nH]n2)C(C)C)c1. The lowest BCUT2D eigenvalue weighted by Crippen LogP contribution is -2.47. The number of H-pyrrole nitrogens is 1. The van der Waals surface area contributed by atoms with E-state index in [1.807, 2.05) is 50.4 Å². The minimum Gasteiger partial charge on any atom is -0.340 e. The molecule has 0 fully saturated rings. The van der Waals surface area contributed by atoms with Gasteiger partial charge >= 0.3 is 0 Å². The van der Waals surface area contributed by atoms with Crippen molar-refractivity contribution in [3.8, 4) is 10.6 Å². The molecule has 2 aromatic heterocycles. The van der Waals surface area contributed by atoms with Gasteiger partial charge in [-0.3, -0.25) is 14.7 Å². The average Bonchev–Trinajstić information content (AvgIpc) is 3.30. The molecule has 0 saturated carbocycles. The Morgan fingerprint density at radius 3 is 2.63 bits per heavy atom. The molecule has 0 spiro atoms. The van der Waals surface area contributed by atoms with Crippen LogP contribution in [0.5, 0.6) is 0 Å². The highest BCUT2D eigenvalue weighted by Gasteiger charge is 2.25. The highest BCUT2D eigenvalue weighted by atomic mass is 32.1. The van der Waals surface area contributed by atoms with Crippen LogP contribution in [0.2, 0.25) is 0 Å². The van der Waals surface area contributed by atoms with Crippen molar-refractivity contribution in [2.75, 3.05) is 5.32 Å². The first-order valence-electron chi connectivity index (χ1n) is 8.71. The molecule has 0 saturated heterocycles. The maximum Gasteiger partial charge on any atom is 0.251 e. The van der Waals surface area contributed by atoms with E-state index < -0.39 is 6.04 Å². The topological polar surface area (TPSA) is 86.9 Å². The number of aromatic nitrogens is 2. The summed E-state index contributed by atoms with van der Waals surface area (Å²) >= 11 is 1.59. The van der Waals surface area contributed by atoms with E-state index in [1.54, 1.807) is 29.5 Å². The highest BCUT2D eigenvalue weighted by Crippen LogP contribution is 2.24. The molecule has 7 heteroatoms. The lowest BCUT2D eigenvalue weighted by molar-refractivity contribution is -0.118. The van der Waals surface area contributed by atoms with E-state index >= 15 is 0 Å². The molecule has 0 aliphatic rings. The predicted molar refractivity (Wildman–Crippen MR) is 108 cm³/mol. The summed E-state index contributed by atoms with van der Waals surface area (Å²) in [5.41, 5.74) is 2.37. The summed E-state index contributed by atoms with van der Waals surface area (Å²) in [6.45, 7) is 5.71. The zero-order valence-corrected chi connectivity index (χ0v) is 16.3. The molecule has 1 unspecified atom stereocenters. The van der Waals surface area contributed by atoms with Crippen LogP contribution in [0, 0.1) is 12.8 Å². The summed E-state index contributed by atoms with van der Waals surface area (Å²) < 4.78 is 0. The van der Waals surface area contributed by atoms with Gasteiger partial charge in [0.1, 0.15) is 6.04 Å². The van der Waals surface area contributed by atoms with Crippen LogP contribution in [0.25, 0.3) is 10.6 Å². The summed E-state index contributed by atoms with van der Waals surface area (Å²) in [4.78, 5) is 26.3. The second-order valence-corrected chi connectivity index (χ2v) is 7.65. The van der Waals surface area contributed by atoms with Gasteiger partial charge in [0.05, 0.1) is 10.6 Å². The first-order valence-corrected chi connectivity index (χ1v) is 9.59. The van der Waals surface area contributed by atoms with E-state index in [0.717, 1.165) is 16.1 Å². The van der Waals surface area contributed by atoms with Gasteiger partial charge in [0.2, 0.25) is 5.91 Å². The van der Waals surface area contributed by atoms with E-state index in [9.17, 15) is 9.59 Å². The molecular weight excluding hydrogens is 360 g/mol. The maximum atomic E-state index is 12.7. The van der Waals surface area contributed by atoms with Crippen molar-refractivity contribution >= 4 is 29.0 Å². The number of aryl methyl sites for hydroxylation is 1. The van der Waals surface area contributed by atoms with Gasteiger partial charge in [-0.05, 0) is 36.4 Å². The average molecular weight is 382 g/mol. The standard InChI is InChI=1S/C20H22N4O2S/c1-12(2)18(22-19(25)14-7-4-6-13(3)10-14)20(26)21-17-11-15(23-24-17)16-8-5-9-27-16/h4-12,18H,1-3H3,(H,22,25)(H2,21,23,24,26). The van der Waals surface area contributed by atoms with Gasteiger partial charge in [0.15, 0.2) is 5.82 Å². The van der Waals surface area contributed by atoms with Crippen molar-refractivity contribution < 1.29 is 9.59 Å². The second kappa shape index (κ2) is 8.18. The van der Waals surface area contributed by atoms with E-state index in [-0.39, 0.29) is 17.7 Å². The summed E-state index contributed by atoms with van der Waals surface area (Å²) in [6.07, 6.45) is 0. The van der Waals surface area contributed by atoms with E-state index in [4.69, 9.17) is 0 Å². The first-order chi connectivity index (χ1) is 12.9. The minimum absolute atomic E-state index is 0.0746. The number of nitrogens with one attached hydrogen (secondary N) is 3. The van der Waals surface area contributed by atoms with Crippen molar-refractivity contribution in [3.05, 3.63) is 59.0 Å². The van der Waals surface area contributed by atoms with Crippen molar-refractivity contribution in [3.63, 3.8) is 0 Å². The monoisotopic (exact) mass is 382 g/mol. The quantitative estimate of drug-likeness (QED) is 0.605. The van der Waals surface area contributed by atoms with E-state index in [1.165, 1.54) is 0 Å². The number of aromatic amines is 1. The molecule has 3 rings (SSSR count). The zero-order chi connectivity index (χ0) is 19.4. The minimum atomic E-state index is -0.667. The van der Waals surface area contributed by atoms with E-state index in [0.29, 0.717) is 11.4 Å². The molecule has 2 heterocycles. The molecule has 2 amide bonds. The number of hydrogen-bond acceptors (Lipinski definition) is 4. The highest BCUT2D eigenvalue weighted by molar-refractivity contribution is 7.13. The largest absolute Gasteiger partial charge is 0.340 e. The van der Waals surface area contributed by atoms with Crippen LogP contribution < -0.4 is 10.6 Å². The Kier molecular flexibility index (Phi) is 5.71.